The van der Waals surface area contributed by atoms with Crippen LogP contribution < -0.4 is 0 Å². The largest absolute Gasteiger partial charge is 0.341 e. The van der Waals surface area contributed by atoms with E-state index in [1.54, 1.807) is 0 Å². The molecule has 1 heterocycles. The second kappa shape index (κ2) is 7.94. The van der Waals surface area contributed by atoms with Crippen molar-refractivity contribution in [3.05, 3.63) is 33.4 Å². The van der Waals surface area contributed by atoms with E-state index < -0.39 is 0 Å². The molecule has 2 rings (SSSR count). The summed E-state index contributed by atoms with van der Waals surface area (Å²) in [7, 11) is 0. The van der Waals surface area contributed by atoms with Gasteiger partial charge in [0.2, 0.25) is 5.91 Å². The van der Waals surface area contributed by atoms with Crippen molar-refractivity contribution in [1.82, 2.24) is 9.80 Å². The van der Waals surface area contributed by atoms with Crippen molar-refractivity contribution in [3.8, 4) is 0 Å². The van der Waals surface area contributed by atoms with Gasteiger partial charge in [0.1, 0.15) is 0 Å². The molecule has 1 aromatic rings. The first-order valence-corrected chi connectivity index (χ1v) is 8.88. The molecule has 1 aliphatic rings. The third-order valence-corrected chi connectivity index (χ3v) is 4.76. The van der Waals surface area contributed by atoms with Crippen LogP contribution in [0.25, 0.3) is 0 Å². The molecule has 0 aliphatic carbocycles. The number of carbonyl (C=O) groups is 2. The smallest absolute Gasteiger partial charge is 0.254 e. The summed E-state index contributed by atoms with van der Waals surface area (Å²) in [5.41, 5.74) is 0.755. The van der Waals surface area contributed by atoms with Crippen LogP contribution in [-0.2, 0) is 4.79 Å². The molecule has 120 valence electrons. The number of amides is 2. The second-order valence-corrected chi connectivity index (χ2v) is 7.27. The van der Waals surface area contributed by atoms with Crippen molar-refractivity contribution in [1.29, 1.82) is 0 Å². The molecule has 5 heteroatoms. The predicted molar refractivity (Wildman–Crippen MR) is 95.7 cm³/mol. The fourth-order valence-corrected chi connectivity index (χ4v) is 3.27. The molecule has 0 radical (unpaired) electrons. The second-order valence-electron chi connectivity index (χ2n) is 6.10. The number of hydrogen-bond acceptors (Lipinski definition) is 2. The first-order chi connectivity index (χ1) is 10.5. The van der Waals surface area contributed by atoms with Crippen molar-refractivity contribution in [2.24, 2.45) is 5.92 Å². The van der Waals surface area contributed by atoms with Crippen LogP contribution in [0.4, 0.5) is 0 Å². The number of hydrogen-bond donors (Lipinski definition) is 0. The van der Waals surface area contributed by atoms with E-state index in [2.05, 4.69) is 36.4 Å². The number of carbonyl (C=O) groups excluding carboxylic acids is 2. The minimum absolute atomic E-state index is 0.0724. The summed E-state index contributed by atoms with van der Waals surface area (Å²) in [6, 6.07) is 7.65. The molecule has 0 atom stereocenters. The highest BCUT2D eigenvalue weighted by atomic mass is 127. The predicted octanol–water partition coefficient (Wildman–Crippen LogP) is 3.01. The Labute approximate surface area is 146 Å². The van der Waals surface area contributed by atoms with Gasteiger partial charge in [-0.2, -0.15) is 0 Å². The van der Waals surface area contributed by atoms with Gasteiger partial charge in [-0.1, -0.05) is 26.0 Å². The molecule has 22 heavy (non-hydrogen) atoms. The van der Waals surface area contributed by atoms with E-state index in [1.807, 2.05) is 34.1 Å². The summed E-state index contributed by atoms with van der Waals surface area (Å²) in [5.74, 6) is 0.654. The first-order valence-electron chi connectivity index (χ1n) is 7.80. The molecule has 0 spiro atoms. The molecule has 4 nitrogen and oxygen atoms in total. The van der Waals surface area contributed by atoms with Crippen molar-refractivity contribution in [3.63, 3.8) is 0 Å². The van der Waals surface area contributed by atoms with Crippen molar-refractivity contribution < 1.29 is 9.59 Å². The molecule has 1 aromatic carbocycles. The lowest BCUT2D eigenvalue weighted by Gasteiger charge is -2.23. The summed E-state index contributed by atoms with van der Waals surface area (Å²) in [6.07, 6.45) is 1.43. The Morgan fingerprint density at radius 3 is 2.41 bits per heavy atom. The zero-order valence-electron chi connectivity index (χ0n) is 13.2. The van der Waals surface area contributed by atoms with E-state index in [0.717, 1.165) is 28.6 Å². The van der Waals surface area contributed by atoms with E-state index in [1.165, 1.54) is 0 Å². The summed E-state index contributed by atoms with van der Waals surface area (Å²) in [5, 5.41) is 0. The Kier molecular flexibility index (Phi) is 6.23. The van der Waals surface area contributed by atoms with Gasteiger partial charge in [0.05, 0.1) is 5.56 Å². The standard InChI is InChI=1S/C17H23IN2O2/c1-13(2)12-16(21)19-8-5-9-20(11-10-19)17(22)14-6-3-4-7-15(14)18/h3-4,6-7,13H,5,8-12H2,1-2H3. The molecule has 0 bridgehead atoms. The normalized spacial score (nSPS) is 15.8. The van der Waals surface area contributed by atoms with Gasteiger partial charge < -0.3 is 9.80 Å². The Bertz CT molecular complexity index is 545. The third-order valence-electron chi connectivity index (χ3n) is 3.82. The number of benzene rings is 1. The maximum absolute atomic E-state index is 12.6. The maximum atomic E-state index is 12.6. The Morgan fingerprint density at radius 2 is 1.73 bits per heavy atom. The number of nitrogens with zero attached hydrogens (tertiary/aromatic N) is 2. The monoisotopic (exact) mass is 414 g/mol. The fraction of sp³-hybridized carbons (Fsp3) is 0.529. The van der Waals surface area contributed by atoms with Gasteiger partial charge in [-0.3, -0.25) is 9.59 Å². The van der Waals surface area contributed by atoms with Gasteiger partial charge in [-0.15, -0.1) is 0 Å². The van der Waals surface area contributed by atoms with Crippen molar-refractivity contribution in [2.45, 2.75) is 26.7 Å². The highest BCUT2D eigenvalue weighted by molar-refractivity contribution is 14.1. The molecule has 0 N–H and O–H groups in total. The first kappa shape index (κ1) is 17.2. The molecule has 2 amide bonds. The Hall–Kier alpha value is -1.11. The highest BCUT2D eigenvalue weighted by Crippen LogP contribution is 2.16. The van der Waals surface area contributed by atoms with Crippen LogP contribution in [0.15, 0.2) is 24.3 Å². The van der Waals surface area contributed by atoms with Crippen LogP contribution >= 0.6 is 22.6 Å². The molecule has 1 fully saturated rings. The fourth-order valence-electron chi connectivity index (χ4n) is 2.65. The average Bonchev–Trinajstić information content (AvgIpc) is 2.72. The summed E-state index contributed by atoms with van der Waals surface area (Å²) in [4.78, 5) is 28.6. The van der Waals surface area contributed by atoms with Crippen LogP contribution in [0, 0.1) is 9.49 Å². The highest BCUT2D eigenvalue weighted by Gasteiger charge is 2.23. The van der Waals surface area contributed by atoms with Gasteiger partial charge in [0, 0.05) is 36.2 Å². The quantitative estimate of drug-likeness (QED) is 0.714. The van der Waals surface area contributed by atoms with Gasteiger partial charge >= 0.3 is 0 Å². The molecule has 1 aliphatic heterocycles. The zero-order chi connectivity index (χ0) is 16.1. The zero-order valence-corrected chi connectivity index (χ0v) is 15.4. The molecular weight excluding hydrogens is 391 g/mol. The van der Waals surface area contributed by atoms with E-state index in [-0.39, 0.29) is 11.8 Å². The van der Waals surface area contributed by atoms with Gasteiger partial charge in [0.15, 0.2) is 0 Å². The van der Waals surface area contributed by atoms with E-state index >= 15 is 0 Å². The van der Waals surface area contributed by atoms with E-state index in [0.29, 0.717) is 25.4 Å². The van der Waals surface area contributed by atoms with Crippen molar-refractivity contribution in [2.75, 3.05) is 26.2 Å². The lowest BCUT2D eigenvalue weighted by atomic mass is 10.1. The maximum Gasteiger partial charge on any atom is 0.254 e. The SMILES string of the molecule is CC(C)CC(=O)N1CCCN(C(=O)c2ccccc2I)CC1. The Balaban J connectivity index is 2.00. The molecule has 1 saturated heterocycles. The summed E-state index contributed by atoms with van der Waals surface area (Å²) >= 11 is 2.20. The lowest BCUT2D eigenvalue weighted by Crippen LogP contribution is -2.37. The molecule has 0 aromatic heterocycles. The minimum Gasteiger partial charge on any atom is -0.341 e. The number of rotatable bonds is 3. The van der Waals surface area contributed by atoms with E-state index in [4.69, 9.17) is 0 Å². The molecule has 0 unspecified atom stereocenters. The van der Waals surface area contributed by atoms with Crippen LogP contribution in [-0.4, -0.2) is 47.8 Å². The minimum atomic E-state index is 0.0724. The van der Waals surface area contributed by atoms with Gasteiger partial charge in [-0.05, 0) is 47.1 Å². The third kappa shape index (κ3) is 4.44. The summed E-state index contributed by atoms with van der Waals surface area (Å²) < 4.78 is 0.974. The van der Waals surface area contributed by atoms with Crippen LogP contribution in [0.3, 0.4) is 0 Å². The van der Waals surface area contributed by atoms with Crippen LogP contribution in [0.1, 0.15) is 37.0 Å². The van der Waals surface area contributed by atoms with Crippen molar-refractivity contribution >= 4 is 34.4 Å². The lowest BCUT2D eigenvalue weighted by molar-refractivity contribution is -0.131. The van der Waals surface area contributed by atoms with E-state index in [9.17, 15) is 9.59 Å². The molecular formula is C17H23IN2O2. The topological polar surface area (TPSA) is 40.6 Å². The van der Waals surface area contributed by atoms with Crippen LogP contribution in [0.5, 0.6) is 0 Å². The molecule has 0 saturated carbocycles. The summed E-state index contributed by atoms with van der Waals surface area (Å²) in [6.45, 7) is 6.84. The number of halogens is 1. The average molecular weight is 414 g/mol. The Morgan fingerprint density at radius 1 is 1.09 bits per heavy atom. The van der Waals surface area contributed by atoms with Gasteiger partial charge in [0.25, 0.3) is 5.91 Å². The van der Waals surface area contributed by atoms with Crippen LogP contribution in [0.2, 0.25) is 0 Å². The van der Waals surface area contributed by atoms with Gasteiger partial charge in [-0.25, -0.2) is 0 Å².